The van der Waals surface area contributed by atoms with Crippen molar-refractivity contribution >= 4 is 45.7 Å². The van der Waals surface area contributed by atoms with Crippen molar-refractivity contribution in [2.45, 2.75) is 35.0 Å². The van der Waals surface area contributed by atoms with Gasteiger partial charge >= 0.3 is 6.03 Å². The van der Waals surface area contributed by atoms with Gasteiger partial charge in [-0.3, -0.25) is 15.1 Å². The maximum absolute atomic E-state index is 12.7. The molecular formula is C18H18N6O2S2. The Balaban J connectivity index is 1.40. The number of H-pyrrole nitrogens is 1. The summed E-state index contributed by atoms with van der Waals surface area (Å²) in [5, 5.41) is 6.64. The van der Waals surface area contributed by atoms with Crippen molar-refractivity contribution in [2.24, 2.45) is 5.92 Å². The van der Waals surface area contributed by atoms with E-state index in [1.807, 2.05) is 0 Å². The molecule has 3 aromatic rings. The molecule has 144 valence electrons. The zero-order valence-electron chi connectivity index (χ0n) is 14.8. The molecule has 0 bridgehead atoms. The number of aromatic amines is 1. The number of nitrogens with zero attached hydrogens (tertiary/aromatic N) is 3. The van der Waals surface area contributed by atoms with E-state index in [1.54, 1.807) is 36.9 Å². The average molecular weight is 415 g/mol. The van der Waals surface area contributed by atoms with E-state index in [2.05, 4.69) is 30.6 Å². The van der Waals surface area contributed by atoms with Crippen LogP contribution in [0.3, 0.4) is 0 Å². The Labute approximate surface area is 169 Å². The highest BCUT2D eigenvalue weighted by molar-refractivity contribution is 8.01. The van der Waals surface area contributed by atoms with E-state index in [4.69, 9.17) is 0 Å². The number of anilines is 2. The van der Waals surface area contributed by atoms with Crippen molar-refractivity contribution in [3.05, 3.63) is 42.6 Å². The van der Waals surface area contributed by atoms with E-state index in [0.29, 0.717) is 16.5 Å². The van der Waals surface area contributed by atoms with Gasteiger partial charge in [-0.25, -0.2) is 14.8 Å². The number of amides is 2. The van der Waals surface area contributed by atoms with Crippen LogP contribution in [0.2, 0.25) is 0 Å². The third kappa shape index (κ3) is 4.39. The summed E-state index contributed by atoms with van der Waals surface area (Å²) in [6.07, 6.45) is 10.6. The predicted molar refractivity (Wildman–Crippen MR) is 108 cm³/mol. The van der Waals surface area contributed by atoms with Gasteiger partial charge in [-0.1, -0.05) is 24.2 Å². The number of aromatic nitrogens is 4. The largest absolute Gasteiger partial charge is 0.339 e. The van der Waals surface area contributed by atoms with E-state index in [1.165, 1.54) is 23.1 Å². The number of imidazole rings is 1. The Hall–Kier alpha value is -2.72. The van der Waals surface area contributed by atoms with Crippen LogP contribution in [0.15, 0.2) is 46.3 Å². The highest BCUT2D eigenvalue weighted by Crippen LogP contribution is 2.32. The molecule has 0 atom stereocenters. The monoisotopic (exact) mass is 414 g/mol. The Bertz CT molecular complexity index is 966. The number of carbonyl (C=O) groups is 2. The van der Waals surface area contributed by atoms with Gasteiger partial charge in [0.05, 0.1) is 16.1 Å². The van der Waals surface area contributed by atoms with E-state index in [-0.39, 0.29) is 11.7 Å². The first-order chi connectivity index (χ1) is 13.7. The molecule has 0 unspecified atom stereocenters. The fourth-order valence-electron chi connectivity index (χ4n) is 3.10. The molecule has 1 saturated carbocycles. The van der Waals surface area contributed by atoms with Crippen LogP contribution >= 0.6 is 23.1 Å². The van der Waals surface area contributed by atoms with Crippen LogP contribution in [0, 0.1) is 5.92 Å². The number of Topliss-reactive ketones (excluding diaryl/α,β-unsaturated/α-hetero) is 1. The number of carbonyl (C=O) groups excluding carboxylic acids is 2. The van der Waals surface area contributed by atoms with Crippen LogP contribution in [0.1, 0.15) is 36.2 Å². The van der Waals surface area contributed by atoms with E-state index < -0.39 is 6.03 Å². The summed E-state index contributed by atoms with van der Waals surface area (Å²) in [7, 11) is 0. The number of nitrogens with one attached hydrogen (secondary N) is 3. The fraction of sp³-hybridized carbons (Fsp3) is 0.278. The smallest absolute Gasteiger partial charge is 0.325 e. The summed E-state index contributed by atoms with van der Waals surface area (Å²) >= 11 is 2.77. The lowest BCUT2D eigenvalue weighted by molar-refractivity contribution is 0.0918. The first-order valence-corrected chi connectivity index (χ1v) is 10.5. The van der Waals surface area contributed by atoms with Gasteiger partial charge in [0.1, 0.15) is 5.69 Å². The number of rotatable bonds is 6. The molecule has 3 heterocycles. The molecule has 0 aromatic carbocycles. The topological polar surface area (TPSA) is 113 Å². The molecule has 8 nitrogen and oxygen atoms in total. The second-order valence-corrected chi connectivity index (χ2v) is 8.62. The quantitative estimate of drug-likeness (QED) is 0.514. The molecule has 0 aliphatic heterocycles. The lowest BCUT2D eigenvalue weighted by atomic mass is 9.99. The molecule has 0 saturated heterocycles. The van der Waals surface area contributed by atoms with Gasteiger partial charge < -0.3 is 10.3 Å². The first-order valence-electron chi connectivity index (χ1n) is 8.89. The van der Waals surface area contributed by atoms with Crippen LogP contribution in [0.4, 0.5) is 15.6 Å². The SMILES string of the molecule is O=C(Nc1ncc(Sc2ncc[nH]2)s1)Nc1cccnc1C(=O)C1CCCC1. The zero-order chi connectivity index (χ0) is 19.3. The van der Waals surface area contributed by atoms with Gasteiger partial charge in [-0.2, -0.15) is 0 Å². The number of hydrogen-bond donors (Lipinski definition) is 3. The van der Waals surface area contributed by atoms with Crippen LogP contribution in [-0.4, -0.2) is 31.8 Å². The first kappa shape index (κ1) is 18.6. The molecule has 3 N–H and O–H groups in total. The summed E-state index contributed by atoms with van der Waals surface area (Å²) in [6, 6.07) is 2.93. The number of ketones is 1. The minimum atomic E-state index is -0.461. The van der Waals surface area contributed by atoms with Crippen LogP contribution in [-0.2, 0) is 0 Å². The fourth-order valence-corrected chi connectivity index (χ4v) is 4.82. The molecule has 10 heteroatoms. The molecule has 4 rings (SSSR count). The van der Waals surface area contributed by atoms with Crippen molar-refractivity contribution in [1.82, 2.24) is 19.9 Å². The van der Waals surface area contributed by atoms with Gasteiger partial charge in [0.15, 0.2) is 16.1 Å². The molecular weight excluding hydrogens is 396 g/mol. The van der Waals surface area contributed by atoms with Gasteiger partial charge in [0.25, 0.3) is 0 Å². The second kappa shape index (κ2) is 8.53. The maximum atomic E-state index is 12.7. The zero-order valence-corrected chi connectivity index (χ0v) is 16.5. The molecule has 0 radical (unpaired) electrons. The standard InChI is InChI=1S/C18H18N6O2S2/c25-15(11-4-1-2-5-11)14-12(6-3-7-19-14)23-16(26)24-18-22-10-13(28-18)27-17-20-8-9-21-17/h3,6-11H,1-2,4-5H2,(H,20,21)(H2,22,23,24,26). The Kier molecular flexibility index (Phi) is 5.68. The van der Waals surface area contributed by atoms with Crippen molar-refractivity contribution in [1.29, 1.82) is 0 Å². The normalized spacial score (nSPS) is 14.1. The summed E-state index contributed by atoms with van der Waals surface area (Å²) in [6.45, 7) is 0. The summed E-state index contributed by atoms with van der Waals surface area (Å²) in [5.74, 6) is -0.00144. The number of hydrogen-bond acceptors (Lipinski definition) is 7. The van der Waals surface area contributed by atoms with Gasteiger partial charge in [-0.15, -0.1) is 0 Å². The lowest BCUT2D eigenvalue weighted by Gasteiger charge is -2.12. The molecule has 2 amide bonds. The van der Waals surface area contributed by atoms with Crippen LogP contribution in [0.25, 0.3) is 0 Å². The molecule has 1 aliphatic carbocycles. The second-order valence-electron chi connectivity index (χ2n) is 6.31. The average Bonchev–Trinajstić information content (AvgIpc) is 3.45. The Morgan fingerprint density at radius 2 is 2.00 bits per heavy atom. The minimum Gasteiger partial charge on any atom is -0.339 e. The number of thiazole rings is 1. The number of urea groups is 1. The molecule has 1 aliphatic rings. The van der Waals surface area contributed by atoms with Gasteiger partial charge in [-0.05, 0) is 36.7 Å². The molecule has 3 aromatic heterocycles. The lowest BCUT2D eigenvalue weighted by Crippen LogP contribution is -2.22. The van der Waals surface area contributed by atoms with Gasteiger partial charge in [0, 0.05) is 24.5 Å². The van der Waals surface area contributed by atoms with E-state index in [9.17, 15) is 9.59 Å². The third-order valence-electron chi connectivity index (χ3n) is 4.39. The Morgan fingerprint density at radius 3 is 2.79 bits per heavy atom. The highest BCUT2D eigenvalue weighted by atomic mass is 32.2. The van der Waals surface area contributed by atoms with Crippen LogP contribution < -0.4 is 10.6 Å². The van der Waals surface area contributed by atoms with Crippen molar-refractivity contribution < 1.29 is 9.59 Å². The third-order valence-corrected chi connectivity index (χ3v) is 6.32. The highest BCUT2D eigenvalue weighted by Gasteiger charge is 2.27. The summed E-state index contributed by atoms with van der Waals surface area (Å²) in [5.41, 5.74) is 0.733. The van der Waals surface area contributed by atoms with E-state index in [0.717, 1.165) is 35.0 Å². The van der Waals surface area contributed by atoms with Crippen molar-refractivity contribution in [3.63, 3.8) is 0 Å². The van der Waals surface area contributed by atoms with Crippen molar-refractivity contribution in [2.75, 3.05) is 10.6 Å². The van der Waals surface area contributed by atoms with Gasteiger partial charge in [0.2, 0.25) is 0 Å². The minimum absolute atomic E-state index is 0.000201. The molecule has 28 heavy (non-hydrogen) atoms. The van der Waals surface area contributed by atoms with Crippen LogP contribution in [0.5, 0.6) is 0 Å². The predicted octanol–water partition coefficient (Wildman–Crippen LogP) is 4.43. The Morgan fingerprint density at radius 1 is 1.14 bits per heavy atom. The molecule has 1 fully saturated rings. The van der Waals surface area contributed by atoms with Crippen molar-refractivity contribution in [3.8, 4) is 0 Å². The maximum Gasteiger partial charge on any atom is 0.325 e. The summed E-state index contributed by atoms with van der Waals surface area (Å²) < 4.78 is 0.892. The molecule has 0 spiro atoms. The summed E-state index contributed by atoms with van der Waals surface area (Å²) in [4.78, 5) is 40.6. The van der Waals surface area contributed by atoms with E-state index >= 15 is 0 Å². The number of pyridine rings is 1.